The number of anilines is 1. The number of aromatic nitrogens is 1. The van der Waals surface area contributed by atoms with Crippen LogP contribution in [0.1, 0.15) is 30.5 Å². The van der Waals surface area contributed by atoms with Gasteiger partial charge in [-0.15, -0.1) is 0 Å². The number of nitrogens with zero attached hydrogens (tertiary/aromatic N) is 3. The van der Waals surface area contributed by atoms with Crippen LogP contribution in [0.3, 0.4) is 0 Å². The fourth-order valence-electron chi connectivity index (χ4n) is 1.98. The Kier molecular flexibility index (Phi) is 2.86. The maximum absolute atomic E-state index is 9.02. The monoisotopic (exact) mass is 201 g/mol. The Balaban J connectivity index is 2.32. The molecule has 0 radical (unpaired) electrons. The highest BCUT2D eigenvalue weighted by Gasteiger charge is 2.15. The van der Waals surface area contributed by atoms with E-state index in [1.54, 1.807) is 0 Å². The van der Waals surface area contributed by atoms with E-state index in [1.807, 2.05) is 19.1 Å². The van der Waals surface area contributed by atoms with Gasteiger partial charge in [0, 0.05) is 18.8 Å². The van der Waals surface area contributed by atoms with Crippen molar-refractivity contribution in [2.45, 2.75) is 26.2 Å². The topological polar surface area (TPSA) is 39.9 Å². The number of hydrogen-bond donors (Lipinski definition) is 0. The highest BCUT2D eigenvalue weighted by atomic mass is 15.2. The van der Waals surface area contributed by atoms with Crippen molar-refractivity contribution in [3.63, 3.8) is 0 Å². The maximum atomic E-state index is 9.02. The molecule has 0 saturated carbocycles. The number of piperidine rings is 1. The van der Waals surface area contributed by atoms with Crippen LogP contribution < -0.4 is 4.90 Å². The van der Waals surface area contributed by atoms with Gasteiger partial charge in [-0.05, 0) is 38.3 Å². The molecule has 0 amide bonds. The molecule has 0 aromatic carbocycles. The largest absolute Gasteiger partial charge is 0.356 e. The minimum atomic E-state index is 0.697. The lowest BCUT2D eigenvalue weighted by molar-refractivity contribution is 0.572. The summed E-state index contributed by atoms with van der Waals surface area (Å²) in [7, 11) is 0. The Bertz CT molecular complexity index is 386. The molecule has 0 spiro atoms. The van der Waals surface area contributed by atoms with Crippen LogP contribution in [0.15, 0.2) is 12.1 Å². The minimum absolute atomic E-state index is 0.697. The zero-order valence-electron chi connectivity index (χ0n) is 9.03. The Morgan fingerprint density at radius 3 is 2.67 bits per heavy atom. The van der Waals surface area contributed by atoms with Crippen LogP contribution in [0.5, 0.6) is 0 Å². The average molecular weight is 201 g/mol. The second-order valence-corrected chi connectivity index (χ2v) is 3.98. The van der Waals surface area contributed by atoms with Gasteiger partial charge in [0.05, 0.1) is 5.56 Å². The molecule has 1 fully saturated rings. The summed E-state index contributed by atoms with van der Waals surface area (Å²) in [5, 5.41) is 9.02. The molecule has 0 bridgehead atoms. The first-order chi connectivity index (χ1) is 7.31. The zero-order valence-corrected chi connectivity index (χ0v) is 9.03. The number of nitriles is 1. The van der Waals surface area contributed by atoms with Crippen LogP contribution in [0.25, 0.3) is 0 Å². The second kappa shape index (κ2) is 4.31. The smallest absolute Gasteiger partial charge is 0.146 e. The normalized spacial score (nSPS) is 16.1. The van der Waals surface area contributed by atoms with E-state index in [2.05, 4.69) is 16.0 Å². The predicted octanol–water partition coefficient (Wildman–Crippen LogP) is 2.25. The number of pyridine rings is 1. The molecule has 15 heavy (non-hydrogen) atoms. The molecule has 2 rings (SSSR count). The van der Waals surface area contributed by atoms with Crippen LogP contribution in [0.4, 0.5) is 5.82 Å². The molecule has 1 aliphatic heterocycles. The standard InChI is InChI=1S/C12H15N3/c1-10-5-6-11(9-13)12(14-10)15-7-3-2-4-8-15/h5-6H,2-4,7-8H2,1H3. The predicted molar refractivity (Wildman–Crippen MR) is 59.8 cm³/mol. The van der Waals surface area contributed by atoms with Gasteiger partial charge < -0.3 is 4.90 Å². The van der Waals surface area contributed by atoms with Gasteiger partial charge in [-0.2, -0.15) is 5.26 Å². The van der Waals surface area contributed by atoms with Crippen LogP contribution in [-0.2, 0) is 0 Å². The molecule has 1 aliphatic rings. The van der Waals surface area contributed by atoms with E-state index >= 15 is 0 Å². The third-order valence-electron chi connectivity index (χ3n) is 2.79. The summed E-state index contributed by atoms with van der Waals surface area (Å²) in [5.41, 5.74) is 1.68. The van der Waals surface area contributed by atoms with Crippen LogP contribution in [-0.4, -0.2) is 18.1 Å². The van der Waals surface area contributed by atoms with Crippen molar-refractivity contribution in [2.75, 3.05) is 18.0 Å². The molecule has 3 heteroatoms. The van der Waals surface area contributed by atoms with Crippen molar-refractivity contribution in [3.8, 4) is 6.07 Å². The van der Waals surface area contributed by atoms with Gasteiger partial charge in [-0.25, -0.2) is 4.98 Å². The molecule has 1 saturated heterocycles. The van der Waals surface area contributed by atoms with Crippen molar-refractivity contribution in [3.05, 3.63) is 23.4 Å². The Hall–Kier alpha value is -1.56. The molecule has 0 atom stereocenters. The Labute approximate surface area is 90.4 Å². The first-order valence-electron chi connectivity index (χ1n) is 5.44. The highest BCUT2D eigenvalue weighted by molar-refractivity contribution is 5.54. The second-order valence-electron chi connectivity index (χ2n) is 3.98. The van der Waals surface area contributed by atoms with E-state index in [0.717, 1.165) is 24.6 Å². The molecular formula is C12H15N3. The van der Waals surface area contributed by atoms with Gasteiger partial charge in [0.25, 0.3) is 0 Å². The molecule has 2 heterocycles. The molecule has 1 aromatic heterocycles. The van der Waals surface area contributed by atoms with Gasteiger partial charge in [-0.1, -0.05) is 0 Å². The van der Waals surface area contributed by atoms with E-state index in [9.17, 15) is 0 Å². The van der Waals surface area contributed by atoms with Crippen molar-refractivity contribution in [1.82, 2.24) is 4.98 Å². The summed E-state index contributed by atoms with van der Waals surface area (Å²) >= 11 is 0. The lowest BCUT2D eigenvalue weighted by Crippen LogP contribution is -2.31. The summed E-state index contributed by atoms with van der Waals surface area (Å²) in [4.78, 5) is 6.70. The molecule has 1 aromatic rings. The molecule has 0 aliphatic carbocycles. The summed E-state index contributed by atoms with van der Waals surface area (Å²) in [6, 6.07) is 5.98. The average Bonchev–Trinajstić information content (AvgIpc) is 2.30. The van der Waals surface area contributed by atoms with Gasteiger partial charge in [0.15, 0.2) is 0 Å². The van der Waals surface area contributed by atoms with Crippen molar-refractivity contribution in [2.24, 2.45) is 0 Å². The van der Waals surface area contributed by atoms with Gasteiger partial charge >= 0.3 is 0 Å². The van der Waals surface area contributed by atoms with Crippen molar-refractivity contribution < 1.29 is 0 Å². The van der Waals surface area contributed by atoms with Crippen LogP contribution in [0.2, 0.25) is 0 Å². The quantitative estimate of drug-likeness (QED) is 0.699. The Morgan fingerprint density at radius 1 is 1.27 bits per heavy atom. The van der Waals surface area contributed by atoms with E-state index in [4.69, 9.17) is 5.26 Å². The SMILES string of the molecule is Cc1ccc(C#N)c(N2CCCCC2)n1. The summed E-state index contributed by atoms with van der Waals surface area (Å²) in [6.07, 6.45) is 3.71. The highest BCUT2D eigenvalue weighted by Crippen LogP contribution is 2.21. The molecule has 0 unspecified atom stereocenters. The van der Waals surface area contributed by atoms with E-state index in [0.29, 0.717) is 5.56 Å². The van der Waals surface area contributed by atoms with Gasteiger partial charge in [0.1, 0.15) is 11.9 Å². The fourth-order valence-corrected chi connectivity index (χ4v) is 1.98. The summed E-state index contributed by atoms with van der Waals surface area (Å²) in [6.45, 7) is 4.03. The zero-order chi connectivity index (χ0) is 10.7. The molecular weight excluding hydrogens is 186 g/mol. The van der Waals surface area contributed by atoms with E-state index in [-0.39, 0.29) is 0 Å². The van der Waals surface area contributed by atoms with E-state index in [1.165, 1.54) is 19.3 Å². The van der Waals surface area contributed by atoms with Gasteiger partial charge in [-0.3, -0.25) is 0 Å². The summed E-state index contributed by atoms with van der Waals surface area (Å²) < 4.78 is 0. The van der Waals surface area contributed by atoms with Crippen LogP contribution >= 0.6 is 0 Å². The van der Waals surface area contributed by atoms with Crippen molar-refractivity contribution >= 4 is 5.82 Å². The lowest BCUT2D eigenvalue weighted by atomic mass is 10.1. The summed E-state index contributed by atoms with van der Waals surface area (Å²) in [5.74, 6) is 0.872. The third-order valence-corrected chi connectivity index (χ3v) is 2.79. The maximum Gasteiger partial charge on any atom is 0.146 e. The molecule has 3 nitrogen and oxygen atoms in total. The van der Waals surface area contributed by atoms with Gasteiger partial charge in [0.2, 0.25) is 0 Å². The lowest BCUT2D eigenvalue weighted by Gasteiger charge is -2.28. The van der Waals surface area contributed by atoms with Crippen molar-refractivity contribution in [1.29, 1.82) is 5.26 Å². The first kappa shape index (κ1) is 9.97. The first-order valence-corrected chi connectivity index (χ1v) is 5.44. The third kappa shape index (κ3) is 2.10. The number of hydrogen-bond acceptors (Lipinski definition) is 3. The Morgan fingerprint density at radius 2 is 2.00 bits per heavy atom. The van der Waals surface area contributed by atoms with Crippen LogP contribution in [0, 0.1) is 18.3 Å². The fraction of sp³-hybridized carbons (Fsp3) is 0.500. The van der Waals surface area contributed by atoms with E-state index < -0.39 is 0 Å². The minimum Gasteiger partial charge on any atom is -0.356 e. The number of rotatable bonds is 1. The number of aryl methyl sites for hydroxylation is 1. The molecule has 78 valence electrons. The molecule has 0 N–H and O–H groups in total.